The predicted octanol–water partition coefficient (Wildman–Crippen LogP) is 1.32. The maximum Gasteiger partial charge on any atom is 0.269 e. The SMILES string of the molecule is CN(C)C(=O)c1cc(S(=O)(=O)Nc2ccc(-c3ncn(C)n3)cc2)cn1C. The highest BCUT2D eigenvalue weighted by Gasteiger charge is 2.21. The third-order valence-corrected chi connectivity index (χ3v) is 5.26. The molecule has 3 aromatic rings. The number of benzene rings is 1. The van der Waals surface area contributed by atoms with Gasteiger partial charge in [0, 0.05) is 45.6 Å². The molecule has 0 aliphatic rings. The number of amides is 1. The molecule has 1 N–H and O–H groups in total. The van der Waals surface area contributed by atoms with Gasteiger partial charge in [-0.15, -0.1) is 0 Å². The van der Waals surface area contributed by atoms with Gasteiger partial charge < -0.3 is 9.47 Å². The molecule has 1 aromatic carbocycles. The number of carbonyl (C=O) groups excluding carboxylic acids is 1. The molecule has 142 valence electrons. The van der Waals surface area contributed by atoms with Gasteiger partial charge in [-0.05, 0) is 30.3 Å². The molecule has 0 saturated heterocycles. The van der Waals surface area contributed by atoms with Crippen LogP contribution < -0.4 is 4.72 Å². The zero-order chi connectivity index (χ0) is 19.8. The first-order valence-corrected chi connectivity index (χ1v) is 9.52. The number of aromatic nitrogens is 4. The first-order valence-electron chi connectivity index (χ1n) is 8.04. The Kier molecular flexibility index (Phi) is 4.75. The summed E-state index contributed by atoms with van der Waals surface area (Å²) in [5.41, 5.74) is 1.47. The number of anilines is 1. The molecular weight excluding hydrogens is 368 g/mol. The summed E-state index contributed by atoms with van der Waals surface area (Å²) in [6.07, 6.45) is 3.00. The third-order valence-electron chi connectivity index (χ3n) is 3.91. The second kappa shape index (κ2) is 6.88. The van der Waals surface area contributed by atoms with Crippen molar-refractivity contribution in [2.75, 3.05) is 18.8 Å². The van der Waals surface area contributed by atoms with Crippen LogP contribution in [0.3, 0.4) is 0 Å². The summed E-state index contributed by atoms with van der Waals surface area (Å²) in [4.78, 5) is 17.7. The maximum atomic E-state index is 12.6. The lowest BCUT2D eigenvalue weighted by Crippen LogP contribution is -2.23. The van der Waals surface area contributed by atoms with E-state index in [1.807, 2.05) is 0 Å². The summed E-state index contributed by atoms with van der Waals surface area (Å²) < 4.78 is 30.9. The average Bonchev–Trinajstić information content (AvgIpc) is 3.21. The minimum Gasteiger partial charge on any atom is -0.345 e. The molecule has 27 heavy (non-hydrogen) atoms. The van der Waals surface area contributed by atoms with Gasteiger partial charge >= 0.3 is 0 Å². The van der Waals surface area contributed by atoms with Crippen molar-refractivity contribution in [1.82, 2.24) is 24.2 Å². The molecule has 3 rings (SSSR count). The van der Waals surface area contributed by atoms with Crippen LogP contribution in [0.15, 0.2) is 47.8 Å². The number of rotatable bonds is 5. The standard InChI is InChI=1S/C17H20N6O3S/c1-21(2)17(24)15-9-14(10-22(15)3)27(25,26)20-13-7-5-12(6-8-13)16-18-11-23(4)19-16/h5-11,20H,1-4H3. The van der Waals surface area contributed by atoms with E-state index in [0.717, 1.165) is 5.56 Å². The molecule has 2 aromatic heterocycles. The maximum absolute atomic E-state index is 12.6. The van der Waals surface area contributed by atoms with E-state index < -0.39 is 10.0 Å². The third kappa shape index (κ3) is 3.85. The summed E-state index contributed by atoms with van der Waals surface area (Å²) in [7, 11) is 2.80. The van der Waals surface area contributed by atoms with Crippen LogP contribution in [0.4, 0.5) is 5.69 Å². The fourth-order valence-electron chi connectivity index (χ4n) is 2.50. The molecule has 2 heterocycles. The quantitative estimate of drug-likeness (QED) is 0.710. The number of sulfonamides is 1. The summed E-state index contributed by atoms with van der Waals surface area (Å²) in [6.45, 7) is 0. The second-order valence-corrected chi connectivity index (χ2v) is 7.98. The number of nitrogens with zero attached hydrogens (tertiary/aromatic N) is 5. The van der Waals surface area contributed by atoms with E-state index >= 15 is 0 Å². The van der Waals surface area contributed by atoms with Crippen molar-refractivity contribution >= 4 is 21.6 Å². The monoisotopic (exact) mass is 388 g/mol. The first kappa shape index (κ1) is 18.6. The highest BCUT2D eigenvalue weighted by atomic mass is 32.2. The smallest absolute Gasteiger partial charge is 0.269 e. The zero-order valence-electron chi connectivity index (χ0n) is 15.4. The highest BCUT2D eigenvalue weighted by molar-refractivity contribution is 7.92. The van der Waals surface area contributed by atoms with E-state index in [0.29, 0.717) is 11.5 Å². The van der Waals surface area contributed by atoms with Crippen molar-refractivity contribution in [1.29, 1.82) is 0 Å². The van der Waals surface area contributed by atoms with Crippen molar-refractivity contribution in [2.24, 2.45) is 14.1 Å². The fraction of sp³-hybridized carbons (Fsp3) is 0.235. The van der Waals surface area contributed by atoms with Crippen molar-refractivity contribution < 1.29 is 13.2 Å². The van der Waals surface area contributed by atoms with E-state index in [4.69, 9.17) is 0 Å². The Morgan fingerprint density at radius 2 is 1.81 bits per heavy atom. The number of aryl methyl sites for hydroxylation is 2. The van der Waals surface area contributed by atoms with Crippen LogP contribution in [0.2, 0.25) is 0 Å². The largest absolute Gasteiger partial charge is 0.345 e. The topological polar surface area (TPSA) is 102 Å². The molecule has 0 radical (unpaired) electrons. The average molecular weight is 388 g/mol. The van der Waals surface area contributed by atoms with Gasteiger partial charge in [-0.3, -0.25) is 14.2 Å². The molecule has 1 amide bonds. The van der Waals surface area contributed by atoms with Crippen LogP contribution in [0.25, 0.3) is 11.4 Å². The van der Waals surface area contributed by atoms with Gasteiger partial charge in [-0.25, -0.2) is 13.4 Å². The van der Waals surface area contributed by atoms with Crippen molar-refractivity contribution in [3.63, 3.8) is 0 Å². The molecular formula is C17H20N6O3S. The van der Waals surface area contributed by atoms with E-state index in [9.17, 15) is 13.2 Å². The molecule has 9 nitrogen and oxygen atoms in total. The van der Waals surface area contributed by atoms with Gasteiger partial charge in [0.15, 0.2) is 5.82 Å². The van der Waals surface area contributed by atoms with Gasteiger partial charge in [-0.1, -0.05) is 0 Å². The van der Waals surface area contributed by atoms with Gasteiger partial charge in [0.2, 0.25) is 0 Å². The zero-order valence-corrected chi connectivity index (χ0v) is 16.2. The Morgan fingerprint density at radius 1 is 1.15 bits per heavy atom. The summed E-state index contributed by atoms with van der Waals surface area (Å²) in [6, 6.07) is 8.10. The van der Waals surface area contributed by atoms with Crippen LogP contribution in [-0.4, -0.2) is 52.7 Å². The van der Waals surface area contributed by atoms with Gasteiger partial charge in [0.05, 0.1) is 0 Å². The molecule has 10 heteroatoms. The molecule has 0 unspecified atom stereocenters. The Hall–Kier alpha value is -3.14. The first-order chi connectivity index (χ1) is 12.7. The Labute approximate surface area is 157 Å². The molecule has 0 fully saturated rings. The second-order valence-electron chi connectivity index (χ2n) is 6.30. The Balaban J connectivity index is 1.82. The van der Waals surface area contributed by atoms with Crippen LogP contribution in [0.5, 0.6) is 0 Å². The number of hydrogen-bond donors (Lipinski definition) is 1. The summed E-state index contributed by atoms with van der Waals surface area (Å²) in [5.74, 6) is 0.285. The van der Waals surface area contributed by atoms with E-state index in [1.54, 1.807) is 63.5 Å². The van der Waals surface area contributed by atoms with Crippen molar-refractivity contribution in [2.45, 2.75) is 4.90 Å². The minimum absolute atomic E-state index is 0.0191. The Bertz CT molecular complexity index is 1080. The van der Waals surface area contributed by atoms with Crippen LogP contribution in [0.1, 0.15) is 10.5 Å². The number of hydrogen-bond acceptors (Lipinski definition) is 5. The van der Waals surface area contributed by atoms with Crippen molar-refractivity contribution in [3.05, 3.63) is 48.5 Å². The normalized spacial score (nSPS) is 11.4. The summed E-state index contributed by atoms with van der Waals surface area (Å²) in [5, 5.41) is 4.20. The number of carbonyl (C=O) groups is 1. The lowest BCUT2D eigenvalue weighted by atomic mass is 10.2. The van der Waals surface area contributed by atoms with Gasteiger partial charge in [0.1, 0.15) is 16.9 Å². The molecule has 0 bridgehead atoms. The molecule has 0 atom stereocenters. The van der Waals surface area contributed by atoms with Crippen LogP contribution >= 0.6 is 0 Å². The fourth-order valence-corrected chi connectivity index (χ4v) is 3.62. The van der Waals surface area contributed by atoms with Gasteiger partial charge in [-0.2, -0.15) is 5.10 Å². The van der Waals surface area contributed by atoms with E-state index in [2.05, 4.69) is 14.8 Å². The van der Waals surface area contributed by atoms with Crippen LogP contribution in [0, 0.1) is 0 Å². The lowest BCUT2D eigenvalue weighted by Gasteiger charge is -2.10. The van der Waals surface area contributed by atoms with E-state index in [-0.39, 0.29) is 16.5 Å². The molecule has 0 aliphatic carbocycles. The highest BCUT2D eigenvalue weighted by Crippen LogP contribution is 2.21. The van der Waals surface area contributed by atoms with E-state index in [1.165, 1.54) is 21.7 Å². The van der Waals surface area contributed by atoms with Crippen molar-refractivity contribution in [3.8, 4) is 11.4 Å². The molecule has 0 spiro atoms. The Morgan fingerprint density at radius 3 is 2.37 bits per heavy atom. The minimum atomic E-state index is -3.82. The lowest BCUT2D eigenvalue weighted by molar-refractivity contribution is 0.0818. The summed E-state index contributed by atoms with van der Waals surface area (Å²) >= 11 is 0. The predicted molar refractivity (Wildman–Crippen MR) is 101 cm³/mol. The van der Waals surface area contributed by atoms with Crippen LogP contribution in [-0.2, 0) is 24.1 Å². The molecule has 0 saturated carbocycles. The van der Waals surface area contributed by atoms with Gasteiger partial charge in [0.25, 0.3) is 15.9 Å². The molecule has 0 aliphatic heterocycles. The number of nitrogens with one attached hydrogen (secondary N) is 1.